The van der Waals surface area contributed by atoms with Gasteiger partial charge in [0, 0.05) is 16.0 Å². The van der Waals surface area contributed by atoms with E-state index in [-0.39, 0.29) is 0 Å². The molecule has 4 heteroatoms. The van der Waals surface area contributed by atoms with Crippen LogP contribution in [0.25, 0.3) is 10.4 Å². The monoisotopic (exact) mass is 292 g/mol. The average molecular weight is 293 g/mol. The minimum Gasteiger partial charge on any atom is -0.368 e. The molecule has 3 rings (SSSR count). The Kier molecular flexibility index (Phi) is 3.97. The van der Waals surface area contributed by atoms with Crippen molar-refractivity contribution in [3.63, 3.8) is 0 Å². The molecule has 1 aliphatic heterocycles. The maximum Gasteiger partial charge on any atom is 0.256 e. The van der Waals surface area contributed by atoms with Gasteiger partial charge in [0.1, 0.15) is 13.2 Å². The molecular formula is C15H15ClNOS+. The quantitative estimate of drug-likeness (QED) is 0.736. The van der Waals surface area contributed by atoms with Gasteiger partial charge in [-0.2, -0.15) is 0 Å². The molecule has 1 aliphatic rings. The van der Waals surface area contributed by atoms with Crippen molar-refractivity contribution in [3.8, 4) is 10.4 Å². The largest absolute Gasteiger partial charge is 0.368 e. The van der Waals surface area contributed by atoms with Crippen molar-refractivity contribution in [1.29, 1.82) is 0 Å². The van der Waals surface area contributed by atoms with Crippen LogP contribution in [0.1, 0.15) is 0 Å². The number of rotatable bonds is 1. The molecule has 98 valence electrons. The van der Waals surface area contributed by atoms with Crippen molar-refractivity contribution in [2.24, 2.45) is 0 Å². The predicted octanol–water partition coefficient (Wildman–Crippen LogP) is 2.87. The van der Waals surface area contributed by atoms with Gasteiger partial charge >= 0.3 is 0 Å². The maximum atomic E-state index is 5.93. The Bertz CT molecular complexity index is 625. The molecule has 0 unspecified atom stereocenters. The summed E-state index contributed by atoms with van der Waals surface area (Å²) in [6.07, 6.45) is 0. The van der Waals surface area contributed by atoms with E-state index in [9.17, 15) is 0 Å². The fraction of sp³-hybridized carbons (Fsp3) is 0.267. The smallest absolute Gasteiger partial charge is 0.256 e. The Labute approximate surface area is 121 Å². The third kappa shape index (κ3) is 3.06. The second kappa shape index (κ2) is 5.87. The van der Waals surface area contributed by atoms with Gasteiger partial charge in [-0.1, -0.05) is 41.1 Å². The van der Waals surface area contributed by atoms with Gasteiger partial charge in [0.05, 0.1) is 0 Å². The third-order valence-corrected chi connectivity index (χ3v) is 4.60. The van der Waals surface area contributed by atoms with E-state index in [1.54, 1.807) is 0 Å². The summed E-state index contributed by atoms with van der Waals surface area (Å²) in [7, 11) is 0. The number of morpholine rings is 1. The molecule has 0 saturated carbocycles. The number of benzene rings is 1. The molecule has 0 N–H and O–H groups in total. The zero-order valence-corrected chi connectivity index (χ0v) is 12.1. The highest BCUT2D eigenvalue weighted by molar-refractivity contribution is 7.12. The number of nitrogens with zero attached hydrogens (tertiary/aromatic N) is 1. The van der Waals surface area contributed by atoms with Crippen LogP contribution in [0.4, 0.5) is 0 Å². The van der Waals surface area contributed by atoms with E-state index >= 15 is 0 Å². The van der Waals surface area contributed by atoms with E-state index in [1.807, 2.05) is 23.5 Å². The van der Waals surface area contributed by atoms with Gasteiger partial charge < -0.3 is 4.74 Å². The molecule has 0 amide bonds. The zero-order chi connectivity index (χ0) is 13.1. The third-order valence-electron chi connectivity index (χ3n) is 3.15. The van der Waals surface area contributed by atoms with Gasteiger partial charge in [-0.05, 0) is 23.8 Å². The second-order valence-corrected chi connectivity index (χ2v) is 5.94. The first-order chi connectivity index (χ1) is 9.33. The van der Waals surface area contributed by atoms with Crippen molar-refractivity contribution < 1.29 is 4.74 Å². The minimum atomic E-state index is 0.776. The number of halogens is 1. The lowest BCUT2D eigenvalue weighted by atomic mass is 10.2. The molecule has 0 radical (unpaired) electrons. The van der Waals surface area contributed by atoms with Crippen molar-refractivity contribution in [2.75, 3.05) is 26.3 Å². The molecule has 2 aromatic rings. The Morgan fingerprint density at radius 1 is 1.00 bits per heavy atom. The van der Waals surface area contributed by atoms with Crippen LogP contribution in [0.2, 0.25) is 5.02 Å². The van der Waals surface area contributed by atoms with E-state index in [4.69, 9.17) is 16.3 Å². The molecule has 0 aliphatic carbocycles. The Morgan fingerprint density at radius 3 is 2.47 bits per heavy atom. The van der Waals surface area contributed by atoms with E-state index in [2.05, 4.69) is 34.9 Å². The molecule has 19 heavy (non-hydrogen) atoms. The lowest BCUT2D eigenvalue weighted by Crippen LogP contribution is -2.38. The van der Waals surface area contributed by atoms with Crippen LogP contribution >= 0.6 is 22.9 Å². The number of hydrogen-bond acceptors (Lipinski definition) is 2. The predicted molar refractivity (Wildman–Crippen MR) is 80.6 cm³/mol. The van der Waals surface area contributed by atoms with Crippen LogP contribution < -0.4 is 9.25 Å². The first-order valence-corrected chi connectivity index (χ1v) is 7.54. The molecule has 0 bridgehead atoms. The van der Waals surface area contributed by atoms with Gasteiger partial charge in [-0.15, -0.1) is 0 Å². The molecule has 1 aromatic heterocycles. The summed E-state index contributed by atoms with van der Waals surface area (Å²) in [5.41, 5.74) is 1.21. The second-order valence-electron chi connectivity index (χ2n) is 4.44. The fourth-order valence-corrected chi connectivity index (χ4v) is 3.33. The summed E-state index contributed by atoms with van der Waals surface area (Å²) in [6, 6.07) is 14.4. The first kappa shape index (κ1) is 12.9. The standard InChI is InChI=1S/C15H15ClNOS/c16-13-6-4-12(5-7-13)14-2-1-3-15(19-14)17-8-10-18-11-9-17/h1-7H,8-11H2/q+1. The van der Waals surface area contributed by atoms with Gasteiger partial charge in [-0.3, -0.25) is 0 Å². The summed E-state index contributed by atoms with van der Waals surface area (Å²) in [5.74, 6) is 0. The van der Waals surface area contributed by atoms with Gasteiger partial charge in [0.25, 0.3) is 4.67 Å². The minimum absolute atomic E-state index is 0.776. The number of ether oxygens (including phenoxy) is 1. The van der Waals surface area contributed by atoms with Gasteiger partial charge in [0.15, 0.2) is 13.1 Å². The zero-order valence-electron chi connectivity index (χ0n) is 10.5. The summed E-state index contributed by atoms with van der Waals surface area (Å²) in [6.45, 7) is 3.58. The first-order valence-electron chi connectivity index (χ1n) is 6.35. The van der Waals surface area contributed by atoms with Gasteiger partial charge in [-0.25, -0.2) is 4.58 Å². The molecule has 1 fully saturated rings. The van der Waals surface area contributed by atoms with Crippen LogP contribution in [0.3, 0.4) is 0 Å². The van der Waals surface area contributed by atoms with Gasteiger partial charge in [0.2, 0.25) is 0 Å². The van der Waals surface area contributed by atoms with Crippen LogP contribution in [0, 0.1) is 0 Å². The van der Waals surface area contributed by atoms with E-state index in [0.29, 0.717) is 0 Å². The number of hydrogen-bond donors (Lipinski definition) is 0. The maximum absolute atomic E-state index is 5.93. The molecule has 0 atom stereocenters. The topological polar surface area (TPSA) is 12.2 Å². The normalized spacial score (nSPS) is 15.5. The molecular weight excluding hydrogens is 278 g/mol. The van der Waals surface area contributed by atoms with Crippen molar-refractivity contribution >= 4 is 22.9 Å². The average Bonchev–Trinajstić information content (AvgIpc) is 2.49. The van der Waals surface area contributed by atoms with Crippen molar-refractivity contribution in [3.05, 3.63) is 52.2 Å². The lowest BCUT2D eigenvalue weighted by molar-refractivity contribution is 0.0971. The fourth-order valence-electron chi connectivity index (χ4n) is 2.12. The Hall–Kier alpha value is -1.16. The molecule has 2 heterocycles. The highest BCUT2D eigenvalue weighted by Gasteiger charge is 2.12. The summed E-state index contributed by atoms with van der Waals surface area (Å²) >= 11 is 7.75. The lowest BCUT2D eigenvalue weighted by Gasteiger charge is -2.10. The summed E-state index contributed by atoms with van der Waals surface area (Å²) in [4.78, 5) is 1.26. The van der Waals surface area contributed by atoms with E-state index in [1.165, 1.54) is 15.1 Å². The van der Waals surface area contributed by atoms with Crippen LogP contribution in [0.5, 0.6) is 0 Å². The van der Waals surface area contributed by atoms with Crippen molar-refractivity contribution in [1.82, 2.24) is 4.58 Å². The molecule has 2 nitrogen and oxygen atoms in total. The van der Waals surface area contributed by atoms with E-state index in [0.717, 1.165) is 31.3 Å². The Morgan fingerprint density at radius 2 is 1.74 bits per heavy atom. The summed E-state index contributed by atoms with van der Waals surface area (Å²) in [5, 5.41) is 0.776. The van der Waals surface area contributed by atoms with Crippen LogP contribution in [-0.2, 0) is 4.74 Å². The highest BCUT2D eigenvalue weighted by Crippen LogP contribution is 2.22. The summed E-state index contributed by atoms with van der Waals surface area (Å²) < 4.78 is 9.08. The SMILES string of the molecule is Clc1ccc(-c2cccc(=[N+]3CCOCC3)s2)cc1. The highest BCUT2D eigenvalue weighted by atomic mass is 35.5. The Balaban J connectivity index is 2.02. The van der Waals surface area contributed by atoms with E-state index < -0.39 is 0 Å². The van der Waals surface area contributed by atoms with Crippen molar-refractivity contribution in [2.45, 2.75) is 0 Å². The molecule has 1 aromatic carbocycles. The van der Waals surface area contributed by atoms with Crippen LogP contribution in [-0.4, -0.2) is 26.3 Å². The van der Waals surface area contributed by atoms with Crippen LogP contribution in [0.15, 0.2) is 42.5 Å². The molecule has 1 saturated heterocycles. The molecule has 0 spiro atoms.